The van der Waals surface area contributed by atoms with Crippen LogP contribution in [0.2, 0.25) is 0 Å². The summed E-state index contributed by atoms with van der Waals surface area (Å²) in [5, 5.41) is 9.33. The third kappa shape index (κ3) is 6.18. The van der Waals surface area contributed by atoms with Crippen LogP contribution < -0.4 is 9.64 Å². The van der Waals surface area contributed by atoms with Crippen LogP contribution in [0.15, 0.2) is 59.5 Å². The Bertz CT molecular complexity index is 977. The maximum absolute atomic E-state index is 12.8. The number of aliphatic hydroxyl groups excluding tert-OH is 1. The van der Waals surface area contributed by atoms with Gasteiger partial charge in [0.05, 0.1) is 18.1 Å². The van der Waals surface area contributed by atoms with Gasteiger partial charge in [-0.25, -0.2) is 0 Å². The Labute approximate surface area is 197 Å². The third-order valence-electron chi connectivity index (χ3n) is 4.83. The van der Waals surface area contributed by atoms with Gasteiger partial charge in [0.1, 0.15) is 10.1 Å². The van der Waals surface area contributed by atoms with E-state index in [-0.39, 0.29) is 31.4 Å². The summed E-state index contributed by atoms with van der Waals surface area (Å²) in [6, 6.07) is 16.8. The van der Waals surface area contributed by atoms with E-state index in [4.69, 9.17) is 17.0 Å². The van der Waals surface area contributed by atoms with Crippen molar-refractivity contribution in [2.45, 2.75) is 19.8 Å². The number of thioether (sulfide) groups is 1. The van der Waals surface area contributed by atoms with Gasteiger partial charge in [-0.05, 0) is 49.2 Å². The van der Waals surface area contributed by atoms with Crippen molar-refractivity contribution in [1.29, 1.82) is 0 Å². The zero-order chi connectivity index (χ0) is 22.9. The van der Waals surface area contributed by atoms with Gasteiger partial charge < -0.3 is 14.7 Å². The van der Waals surface area contributed by atoms with E-state index in [1.807, 2.05) is 67.6 Å². The van der Waals surface area contributed by atoms with Crippen molar-refractivity contribution in [2.75, 3.05) is 31.2 Å². The fourth-order valence-electron chi connectivity index (χ4n) is 3.30. The van der Waals surface area contributed by atoms with Crippen molar-refractivity contribution in [3.63, 3.8) is 0 Å². The minimum absolute atomic E-state index is 0.0966. The second-order valence-electron chi connectivity index (χ2n) is 7.04. The quantitative estimate of drug-likeness (QED) is 0.417. The predicted octanol–water partition coefficient (Wildman–Crippen LogP) is 4.09. The number of nitrogens with zero attached hydrogens (tertiary/aromatic N) is 2. The zero-order valence-corrected chi connectivity index (χ0v) is 19.5. The number of anilines is 1. The van der Waals surface area contributed by atoms with Crippen LogP contribution in [-0.4, -0.2) is 52.4 Å². The lowest BCUT2D eigenvalue weighted by atomic mass is 10.2. The monoisotopic (exact) mass is 470 g/mol. The van der Waals surface area contributed by atoms with Crippen LogP contribution in [0.4, 0.5) is 5.69 Å². The number of ether oxygens (including phenoxy) is 1. The van der Waals surface area contributed by atoms with Crippen LogP contribution >= 0.6 is 24.0 Å². The number of hydrogen-bond acceptors (Lipinski definition) is 6. The Hall–Kier alpha value is -2.68. The van der Waals surface area contributed by atoms with Gasteiger partial charge in [0.25, 0.3) is 5.91 Å². The summed E-state index contributed by atoms with van der Waals surface area (Å²) in [6.45, 7) is 3.02. The number of rotatable bonds is 10. The molecule has 3 rings (SSSR count). The topological polar surface area (TPSA) is 70.1 Å². The Morgan fingerprint density at radius 2 is 1.91 bits per heavy atom. The second-order valence-corrected chi connectivity index (χ2v) is 8.72. The van der Waals surface area contributed by atoms with Gasteiger partial charge in [-0.2, -0.15) is 0 Å². The number of para-hydroxylation sites is 1. The van der Waals surface area contributed by atoms with Gasteiger partial charge in [0.15, 0.2) is 0 Å². The molecule has 8 heteroatoms. The first kappa shape index (κ1) is 24.0. The van der Waals surface area contributed by atoms with E-state index >= 15 is 0 Å². The molecule has 1 heterocycles. The molecular weight excluding hydrogens is 444 g/mol. The van der Waals surface area contributed by atoms with Crippen molar-refractivity contribution in [3.05, 3.63) is 65.1 Å². The summed E-state index contributed by atoms with van der Waals surface area (Å²) in [5.41, 5.74) is 1.64. The first-order valence-corrected chi connectivity index (χ1v) is 11.7. The number of thiocarbonyl (C=S) groups is 1. The zero-order valence-electron chi connectivity index (χ0n) is 17.9. The standard InChI is InChI=1S/C24H26N2O4S2/c1-2-30-20-12-10-18(11-13-20)17-21-23(29)26(24(31)32-21)14-6-9-22(28)25(15-16-27)19-7-4-3-5-8-19/h3-5,7-8,10-13,17,27H,2,6,9,14-16H2,1H3/b21-17-. The lowest BCUT2D eigenvalue weighted by Crippen LogP contribution is -2.35. The molecule has 0 radical (unpaired) electrons. The summed E-state index contributed by atoms with van der Waals surface area (Å²) in [7, 11) is 0. The molecule has 1 N–H and O–H groups in total. The molecule has 2 amide bonds. The minimum Gasteiger partial charge on any atom is -0.494 e. The number of hydrogen-bond donors (Lipinski definition) is 1. The highest BCUT2D eigenvalue weighted by Crippen LogP contribution is 2.33. The molecule has 0 atom stereocenters. The third-order valence-corrected chi connectivity index (χ3v) is 6.21. The van der Waals surface area contributed by atoms with Crippen LogP contribution in [0.1, 0.15) is 25.3 Å². The molecule has 1 aliphatic rings. The Morgan fingerprint density at radius 1 is 1.19 bits per heavy atom. The molecule has 0 bridgehead atoms. The second kappa shape index (κ2) is 11.8. The number of carbonyl (C=O) groups is 2. The molecule has 0 aromatic heterocycles. The van der Waals surface area contributed by atoms with E-state index in [0.717, 1.165) is 17.0 Å². The van der Waals surface area contributed by atoms with E-state index in [1.54, 1.807) is 9.80 Å². The maximum Gasteiger partial charge on any atom is 0.266 e. The van der Waals surface area contributed by atoms with Gasteiger partial charge >= 0.3 is 0 Å². The minimum atomic E-state index is -0.142. The normalized spacial score (nSPS) is 14.8. The lowest BCUT2D eigenvalue weighted by Gasteiger charge is -2.22. The van der Waals surface area contributed by atoms with E-state index in [2.05, 4.69) is 0 Å². The number of aliphatic hydroxyl groups is 1. The molecule has 168 valence electrons. The Balaban J connectivity index is 1.57. The van der Waals surface area contributed by atoms with E-state index in [1.165, 1.54) is 11.8 Å². The van der Waals surface area contributed by atoms with Crippen molar-refractivity contribution in [1.82, 2.24) is 4.90 Å². The molecule has 6 nitrogen and oxygen atoms in total. The van der Waals surface area contributed by atoms with Crippen molar-refractivity contribution >= 4 is 51.9 Å². The predicted molar refractivity (Wildman–Crippen MR) is 133 cm³/mol. The molecule has 0 unspecified atom stereocenters. The first-order chi connectivity index (χ1) is 15.5. The maximum atomic E-state index is 12.8. The van der Waals surface area contributed by atoms with Crippen molar-refractivity contribution in [2.24, 2.45) is 0 Å². The fraction of sp³-hybridized carbons (Fsp3) is 0.292. The molecule has 0 aliphatic carbocycles. The Kier molecular flexibility index (Phi) is 8.84. The van der Waals surface area contributed by atoms with Crippen LogP contribution in [-0.2, 0) is 9.59 Å². The molecule has 0 spiro atoms. The average Bonchev–Trinajstić information content (AvgIpc) is 3.06. The molecule has 32 heavy (non-hydrogen) atoms. The average molecular weight is 471 g/mol. The molecule has 2 aromatic carbocycles. The summed E-state index contributed by atoms with van der Waals surface area (Å²) < 4.78 is 5.94. The van der Waals surface area contributed by atoms with Crippen LogP contribution in [0, 0.1) is 0 Å². The molecule has 1 saturated heterocycles. The SMILES string of the molecule is CCOc1ccc(/C=C2\SC(=S)N(CCCC(=O)N(CCO)c3ccccc3)C2=O)cc1. The van der Waals surface area contributed by atoms with E-state index < -0.39 is 0 Å². The lowest BCUT2D eigenvalue weighted by molar-refractivity contribution is -0.123. The molecule has 1 aliphatic heterocycles. The van der Waals surface area contributed by atoms with Crippen LogP contribution in [0.5, 0.6) is 5.75 Å². The summed E-state index contributed by atoms with van der Waals surface area (Å²) in [5.74, 6) is 0.546. The summed E-state index contributed by atoms with van der Waals surface area (Å²) in [6.07, 6.45) is 2.55. The highest BCUT2D eigenvalue weighted by molar-refractivity contribution is 8.26. The molecular formula is C24H26N2O4S2. The molecule has 2 aromatic rings. The van der Waals surface area contributed by atoms with Gasteiger partial charge in [0, 0.05) is 25.2 Å². The van der Waals surface area contributed by atoms with Crippen LogP contribution in [0.3, 0.4) is 0 Å². The van der Waals surface area contributed by atoms with Gasteiger partial charge in [-0.15, -0.1) is 0 Å². The Morgan fingerprint density at radius 3 is 2.56 bits per heavy atom. The summed E-state index contributed by atoms with van der Waals surface area (Å²) >= 11 is 6.66. The highest BCUT2D eigenvalue weighted by Gasteiger charge is 2.31. The van der Waals surface area contributed by atoms with Gasteiger partial charge in [-0.3, -0.25) is 14.5 Å². The van der Waals surface area contributed by atoms with Gasteiger partial charge in [0.2, 0.25) is 5.91 Å². The van der Waals surface area contributed by atoms with Gasteiger partial charge in [-0.1, -0.05) is 54.3 Å². The van der Waals surface area contributed by atoms with E-state index in [9.17, 15) is 14.7 Å². The molecule has 1 fully saturated rings. The number of benzene rings is 2. The number of carbonyl (C=O) groups excluding carboxylic acids is 2. The fourth-order valence-corrected chi connectivity index (χ4v) is 4.61. The van der Waals surface area contributed by atoms with Crippen molar-refractivity contribution < 1.29 is 19.4 Å². The smallest absolute Gasteiger partial charge is 0.266 e. The van der Waals surface area contributed by atoms with Crippen molar-refractivity contribution in [3.8, 4) is 5.75 Å². The highest BCUT2D eigenvalue weighted by atomic mass is 32.2. The first-order valence-electron chi connectivity index (χ1n) is 10.5. The van der Waals surface area contributed by atoms with E-state index in [0.29, 0.717) is 28.8 Å². The summed E-state index contributed by atoms with van der Waals surface area (Å²) in [4.78, 5) is 29.2. The largest absolute Gasteiger partial charge is 0.494 e. The number of amides is 2. The van der Waals surface area contributed by atoms with Crippen LogP contribution in [0.25, 0.3) is 6.08 Å². The molecule has 0 saturated carbocycles.